The van der Waals surface area contributed by atoms with Crippen LogP contribution in [-0.2, 0) is 11.2 Å². The van der Waals surface area contributed by atoms with Crippen molar-refractivity contribution in [2.75, 3.05) is 7.11 Å². The Morgan fingerprint density at radius 3 is 2.70 bits per heavy atom. The average Bonchev–Trinajstić information content (AvgIpc) is 3.02. The van der Waals surface area contributed by atoms with Crippen LogP contribution in [0.15, 0.2) is 24.3 Å². The van der Waals surface area contributed by atoms with Gasteiger partial charge in [-0.3, -0.25) is 4.79 Å². The van der Waals surface area contributed by atoms with Crippen molar-refractivity contribution in [3.63, 3.8) is 0 Å². The smallest absolute Gasteiger partial charge is 0.311 e. The highest BCUT2D eigenvalue weighted by Gasteiger charge is 2.15. The molecule has 27 heavy (non-hydrogen) atoms. The lowest BCUT2D eigenvalue weighted by Crippen LogP contribution is -2.12. The second kappa shape index (κ2) is 7.46. The maximum atomic E-state index is 12.3. The van der Waals surface area contributed by atoms with Crippen LogP contribution in [0.4, 0.5) is 0 Å². The lowest BCUT2D eigenvalue weighted by molar-refractivity contribution is -0.134. The van der Waals surface area contributed by atoms with Crippen molar-refractivity contribution in [2.24, 2.45) is 0 Å². The van der Waals surface area contributed by atoms with Gasteiger partial charge in [0.15, 0.2) is 17.1 Å². The van der Waals surface area contributed by atoms with E-state index in [1.165, 1.54) is 13.2 Å². The summed E-state index contributed by atoms with van der Waals surface area (Å²) >= 11 is 0. The average molecular weight is 364 g/mol. The molecule has 138 valence electrons. The zero-order valence-corrected chi connectivity index (χ0v) is 15.7. The van der Waals surface area contributed by atoms with Gasteiger partial charge in [0.2, 0.25) is 0 Å². The van der Waals surface area contributed by atoms with Crippen molar-refractivity contribution in [2.45, 2.75) is 33.6 Å². The fraction of sp³-hybridized carbons (Fsp3) is 0.300. The summed E-state index contributed by atoms with van der Waals surface area (Å²) in [5.74, 6) is 0.268. The number of aryl methyl sites for hydroxylation is 3. The van der Waals surface area contributed by atoms with Gasteiger partial charge in [-0.2, -0.15) is 10.4 Å². The third kappa shape index (κ3) is 3.75. The van der Waals surface area contributed by atoms with Crippen LogP contribution in [0, 0.1) is 32.1 Å². The molecule has 0 fully saturated rings. The van der Waals surface area contributed by atoms with Gasteiger partial charge in [0, 0.05) is 23.5 Å². The zero-order chi connectivity index (χ0) is 19.6. The van der Waals surface area contributed by atoms with E-state index in [2.05, 4.69) is 10.1 Å². The Morgan fingerprint density at radius 2 is 2.00 bits per heavy atom. The van der Waals surface area contributed by atoms with Crippen molar-refractivity contribution in [3.05, 3.63) is 52.5 Å². The summed E-state index contributed by atoms with van der Waals surface area (Å²) in [6.45, 7) is 5.82. The lowest BCUT2D eigenvalue weighted by Gasteiger charge is -2.12. The van der Waals surface area contributed by atoms with E-state index in [-0.39, 0.29) is 12.4 Å². The van der Waals surface area contributed by atoms with Gasteiger partial charge in [0.05, 0.1) is 30.9 Å². The molecule has 0 N–H and O–H groups in total. The number of methoxy groups -OCH3 is 1. The number of hydrogen-bond acceptors (Lipinski definition) is 6. The lowest BCUT2D eigenvalue weighted by atomic mass is 10.1. The molecule has 0 amide bonds. The molecule has 3 aromatic rings. The van der Waals surface area contributed by atoms with Gasteiger partial charge in [0.1, 0.15) is 0 Å². The van der Waals surface area contributed by atoms with Gasteiger partial charge in [-0.25, -0.2) is 9.50 Å². The number of esters is 1. The molecule has 3 rings (SSSR count). The normalized spacial score (nSPS) is 10.6. The van der Waals surface area contributed by atoms with Crippen molar-refractivity contribution in [3.8, 4) is 17.6 Å². The number of aromatic nitrogens is 3. The van der Waals surface area contributed by atoms with Gasteiger partial charge in [-0.15, -0.1) is 0 Å². The molecule has 0 spiro atoms. The van der Waals surface area contributed by atoms with Crippen LogP contribution >= 0.6 is 0 Å². The molecule has 7 heteroatoms. The molecule has 1 aromatic carbocycles. The topological polar surface area (TPSA) is 89.5 Å². The highest BCUT2D eigenvalue weighted by atomic mass is 16.6. The van der Waals surface area contributed by atoms with Crippen LogP contribution < -0.4 is 9.47 Å². The van der Waals surface area contributed by atoms with Gasteiger partial charge in [0.25, 0.3) is 0 Å². The molecule has 0 saturated heterocycles. The minimum Gasteiger partial charge on any atom is -0.493 e. The molecule has 2 heterocycles. The van der Waals surface area contributed by atoms with Crippen molar-refractivity contribution >= 4 is 11.6 Å². The van der Waals surface area contributed by atoms with Crippen molar-refractivity contribution in [1.29, 1.82) is 5.26 Å². The van der Waals surface area contributed by atoms with E-state index in [0.29, 0.717) is 23.5 Å². The summed E-state index contributed by atoms with van der Waals surface area (Å²) in [6, 6.07) is 8.63. The number of ether oxygens (including phenoxy) is 2. The Hall–Kier alpha value is -3.40. The summed E-state index contributed by atoms with van der Waals surface area (Å²) < 4.78 is 12.4. The molecular weight excluding hydrogens is 344 g/mol. The van der Waals surface area contributed by atoms with E-state index < -0.39 is 0 Å². The highest BCUT2D eigenvalue weighted by Crippen LogP contribution is 2.28. The first-order chi connectivity index (χ1) is 12.9. The molecule has 0 unspecified atom stereocenters. The minimum absolute atomic E-state index is 0.193. The first kappa shape index (κ1) is 18.4. The quantitative estimate of drug-likeness (QED) is 0.510. The third-order valence-electron chi connectivity index (χ3n) is 4.38. The van der Waals surface area contributed by atoms with Crippen molar-refractivity contribution in [1.82, 2.24) is 14.6 Å². The summed E-state index contributed by atoms with van der Waals surface area (Å²) in [7, 11) is 1.47. The number of benzene rings is 1. The third-order valence-corrected chi connectivity index (χ3v) is 4.38. The molecule has 0 aliphatic rings. The van der Waals surface area contributed by atoms with Crippen LogP contribution in [0.3, 0.4) is 0 Å². The summed E-state index contributed by atoms with van der Waals surface area (Å²) in [5.41, 5.74) is 4.96. The largest absolute Gasteiger partial charge is 0.493 e. The SMILES string of the molecule is COc1cc(C#N)ccc1OC(=O)CCc1c(C)nc2cc(C)nn2c1C. The molecule has 2 aromatic heterocycles. The molecule has 0 atom stereocenters. The monoisotopic (exact) mass is 364 g/mol. The van der Waals surface area contributed by atoms with Crippen LogP contribution in [-0.4, -0.2) is 27.7 Å². The summed E-state index contributed by atoms with van der Waals surface area (Å²) in [5, 5.41) is 13.4. The number of hydrogen-bond donors (Lipinski definition) is 0. The van der Waals surface area contributed by atoms with Gasteiger partial charge in [-0.1, -0.05) is 0 Å². The number of carbonyl (C=O) groups excluding carboxylic acids is 1. The van der Waals surface area contributed by atoms with Gasteiger partial charge in [-0.05, 0) is 44.9 Å². The molecule has 0 aliphatic carbocycles. The van der Waals surface area contributed by atoms with Gasteiger partial charge >= 0.3 is 5.97 Å². The maximum Gasteiger partial charge on any atom is 0.311 e. The first-order valence-electron chi connectivity index (χ1n) is 8.54. The van der Waals surface area contributed by atoms with E-state index in [9.17, 15) is 4.79 Å². The molecule has 0 radical (unpaired) electrons. The second-order valence-electron chi connectivity index (χ2n) is 6.27. The predicted molar refractivity (Wildman–Crippen MR) is 98.9 cm³/mol. The maximum absolute atomic E-state index is 12.3. The Bertz CT molecular complexity index is 1060. The van der Waals surface area contributed by atoms with Crippen LogP contribution in [0.1, 0.15) is 34.6 Å². The number of fused-ring (bicyclic) bond motifs is 1. The molecule has 0 aliphatic heterocycles. The molecule has 0 saturated carbocycles. The highest BCUT2D eigenvalue weighted by molar-refractivity contribution is 5.74. The Kier molecular flexibility index (Phi) is 5.08. The summed E-state index contributed by atoms with van der Waals surface area (Å²) in [4.78, 5) is 16.9. The second-order valence-corrected chi connectivity index (χ2v) is 6.27. The molecule has 0 bridgehead atoms. The molecular formula is C20H20N4O3. The zero-order valence-electron chi connectivity index (χ0n) is 15.7. The standard InChI is InChI=1S/C20H20N4O3/c1-12-9-19-22-13(2)16(14(3)24(19)23-12)6-8-20(25)27-17-7-5-15(11-21)10-18(17)26-4/h5,7,9-10H,6,8H2,1-4H3. The predicted octanol–water partition coefficient (Wildman–Crippen LogP) is 3.07. The number of carbonyl (C=O) groups is 1. The number of rotatable bonds is 5. The van der Waals surface area contributed by atoms with E-state index >= 15 is 0 Å². The van der Waals surface area contributed by atoms with E-state index in [0.717, 1.165) is 28.3 Å². The van der Waals surface area contributed by atoms with E-state index in [1.54, 1.807) is 16.6 Å². The van der Waals surface area contributed by atoms with E-state index in [4.69, 9.17) is 14.7 Å². The number of nitriles is 1. The van der Waals surface area contributed by atoms with Crippen LogP contribution in [0.2, 0.25) is 0 Å². The Morgan fingerprint density at radius 1 is 1.22 bits per heavy atom. The number of nitrogens with zero attached hydrogens (tertiary/aromatic N) is 4. The fourth-order valence-corrected chi connectivity index (χ4v) is 3.03. The fourth-order valence-electron chi connectivity index (χ4n) is 3.03. The summed E-state index contributed by atoms with van der Waals surface area (Å²) in [6.07, 6.45) is 0.690. The van der Waals surface area contributed by atoms with Crippen LogP contribution in [0.5, 0.6) is 11.5 Å². The Balaban J connectivity index is 1.75. The first-order valence-corrected chi connectivity index (χ1v) is 8.54. The minimum atomic E-state index is -0.381. The molecule has 7 nitrogen and oxygen atoms in total. The Labute approximate surface area is 157 Å². The van der Waals surface area contributed by atoms with Crippen molar-refractivity contribution < 1.29 is 14.3 Å². The van der Waals surface area contributed by atoms with E-state index in [1.807, 2.05) is 32.9 Å². The van der Waals surface area contributed by atoms with Gasteiger partial charge < -0.3 is 9.47 Å². The van der Waals surface area contributed by atoms with Crippen LogP contribution in [0.25, 0.3) is 5.65 Å².